The van der Waals surface area contributed by atoms with Crippen molar-refractivity contribution < 1.29 is 17.9 Å². The number of ether oxygens (including phenoxy) is 1. The van der Waals surface area contributed by atoms with Crippen LogP contribution in [0, 0.1) is 11.8 Å². The van der Waals surface area contributed by atoms with Crippen LogP contribution in [0.1, 0.15) is 32.1 Å². The molecule has 2 heterocycles. The molecular formula is C19H24BrF3N4O. The summed E-state index contributed by atoms with van der Waals surface area (Å²) in [5, 5.41) is 8.56. The lowest BCUT2D eigenvalue weighted by atomic mass is 9.97. The summed E-state index contributed by atoms with van der Waals surface area (Å²) in [6.07, 6.45) is -0.573. The minimum Gasteiger partial charge on any atom is -0.492 e. The number of halogens is 4. The first-order valence-corrected chi connectivity index (χ1v) is 10.6. The maximum atomic E-state index is 12.3. The molecule has 0 atom stereocenters. The van der Waals surface area contributed by atoms with E-state index in [9.17, 15) is 13.2 Å². The minimum atomic E-state index is -4.08. The number of likely N-dealkylation sites (tertiary alicyclic amines) is 1. The Kier molecular flexibility index (Phi) is 5.83. The molecule has 28 heavy (non-hydrogen) atoms. The Balaban J connectivity index is 1.29. The van der Waals surface area contributed by atoms with E-state index in [0.717, 1.165) is 46.6 Å². The number of nitrogens with zero attached hydrogens (tertiary/aromatic N) is 4. The van der Waals surface area contributed by atoms with Crippen LogP contribution in [-0.2, 0) is 6.54 Å². The van der Waals surface area contributed by atoms with Crippen LogP contribution in [0.2, 0.25) is 0 Å². The van der Waals surface area contributed by atoms with Gasteiger partial charge in [0, 0.05) is 13.1 Å². The quantitative estimate of drug-likeness (QED) is 0.603. The van der Waals surface area contributed by atoms with Crippen LogP contribution in [0.15, 0.2) is 16.6 Å². The Morgan fingerprint density at radius 1 is 1.11 bits per heavy atom. The smallest absolute Gasteiger partial charge is 0.390 e. The van der Waals surface area contributed by atoms with Gasteiger partial charge in [-0.3, -0.25) is 0 Å². The fourth-order valence-electron chi connectivity index (χ4n) is 3.65. The van der Waals surface area contributed by atoms with Gasteiger partial charge in [0.1, 0.15) is 11.3 Å². The first-order valence-electron chi connectivity index (χ1n) is 9.82. The number of piperidine rings is 1. The third-order valence-corrected chi connectivity index (χ3v) is 6.38. The summed E-state index contributed by atoms with van der Waals surface area (Å²) < 4.78 is 45.8. The molecule has 4 rings (SSSR count). The van der Waals surface area contributed by atoms with E-state index in [1.165, 1.54) is 12.8 Å². The molecule has 1 aliphatic heterocycles. The van der Waals surface area contributed by atoms with Crippen molar-refractivity contribution in [1.82, 2.24) is 19.9 Å². The molecule has 1 aliphatic carbocycles. The molecule has 0 N–H and O–H groups in total. The fraction of sp³-hybridized carbons (Fsp3) is 0.684. The Labute approximate surface area is 170 Å². The monoisotopic (exact) mass is 460 g/mol. The van der Waals surface area contributed by atoms with Gasteiger partial charge in [-0.05, 0) is 78.7 Å². The minimum absolute atomic E-state index is 0.0931. The van der Waals surface area contributed by atoms with Gasteiger partial charge in [-0.25, -0.2) is 4.68 Å². The SMILES string of the molecule is FC(F)(F)CCN1CCC(COc2ccc3c(nnn3CC3CC3)c2Br)CC1. The lowest BCUT2D eigenvalue weighted by Crippen LogP contribution is -2.37. The maximum absolute atomic E-state index is 12.3. The molecule has 1 saturated carbocycles. The fourth-order valence-corrected chi connectivity index (χ4v) is 4.18. The molecule has 1 saturated heterocycles. The number of benzene rings is 1. The van der Waals surface area contributed by atoms with Crippen molar-refractivity contribution in [1.29, 1.82) is 0 Å². The highest BCUT2D eigenvalue weighted by Gasteiger charge is 2.29. The predicted octanol–water partition coefficient (Wildman–Crippen LogP) is 4.65. The molecule has 0 radical (unpaired) electrons. The number of hydrogen-bond donors (Lipinski definition) is 0. The Hall–Kier alpha value is -1.35. The third-order valence-electron chi connectivity index (χ3n) is 5.61. The lowest BCUT2D eigenvalue weighted by molar-refractivity contribution is -0.138. The van der Waals surface area contributed by atoms with Gasteiger partial charge in [0.05, 0.1) is 23.0 Å². The standard InChI is InChI=1S/C19H24BrF3N4O/c20-17-16(4-3-15-18(17)24-25-27(15)11-13-1-2-13)28-12-14-5-8-26(9-6-14)10-7-19(21,22)23/h3-4,13-14H,1-2,5-12H2. The van der Waals surface area contributed by atoms with Gasteiger partial charge in [-0.2, -0.15) is 13.2 Å². The first kappa shape index (κ1) is 19.9. The van der Waals surface area contributed by atoms with Gasteiger partial charge < -0.3 is 9.64 Å². The number of aromatic nitrogens is 3. The van der Waals surface area contributed by atoms with Gasteiger partial charge >= 0.3 is 6.18 Å². The van der Waals surface area contributed by atoms with Crippen LogP contribution in [0.4, 0.5) is 13.2 Å². The summed E-state index contributed by atoms with van der Waals surface area (Å²) in [6, 6.07) is 3.94. The number of fused-ring (bicyclic) bond motifs is 1. The van der Waals surface area contributed by atoms with Gasteiger partial charge in [-0.1, -0.05) is 5.21 Å². The summed E-state index contributed by atoms with van der Waals surface area (Å²) in [5.41, 5.74) is 1.81. The van der Waals surface area contributed by atoms with E-state index in [1.54, 1.807) is 0 Å². The van der Waals surface area contributed by atoms with Crippen molar-refractivity contribution in [3.63, 3.8) is 0 Å². The average molecular weight is 461 g/mol. The van der Waals surface area contributed by atoms with Crippen molar-refractivity contribution in [2.45, 2.75) is 44.8 Å². The molecule has 0 spiro atoms. The lowest BCUT2D eigenvalue weighted by Gasteiger charge is -2.32. The molecular weight excluding hydrogens is 437 g/mol. The Morgan fingerprint density at radius 2 is 1.86 bits per heavy atom. The zero-order chi connectivity index (χ0) is 19.7. The zero-order valence-electron chi connectivity index (χ0n) is 15.6. The second-order valence-electron chi connectivity index (χ2n) is 7.92. The average Bonchev–Trinajstić information content (AvgIpc) is 3.38. The summed E-state index contributed by atoms with van der Waals surface area (Å²) in [6.45, 7) is 2.96. The van der Waals surface area contributed by atoms with Gasteiger partial charge in [-0.15, -0.1) is 5.10 Å². The summed E-state index contributed by atoms with van der Waals surface area (Å²) in [4.78, 5) is 1.89. The maximum Gasteiger partial charge on any atom is 0.390 e. The van der Waals surface area contributed by atoms with Gasteiger partial charge in [0.25, 0.3) is 0 Å². The normalized spacial score (nSPS) is 19.4. The summed E-state index contributed by atoms with van der Waals surface area (Å²) >= 11 is 3.60. The third kappa shape index (κ3) is 4.97. The number of alkyl halides is 3. The van der Waals surface area contributed by atoms with Crippen molar-refractivity contribution >= 4 is 27.0 Å². The van der Waals surface area contributed by atoms with E-state index in [0.29, 0.717) is 25.6 Å². The molecule has 0 bridgehead atoms. The van der Waals surface area contributed by atoms with Crippen LogP contribution < -0.4 is 4.74 Å². The van der Waals surface area contributed by atoms with E-state index < -0.39 is 12.6 Å². The molecule has 9 heteroatoms. The van der Waals surface area contributed by atoms with E-state index >= 15 is 0 Å². The van der Waals surface area contributed by atoms with Crippen LogP contribution in [-0.4, -0.2) is 52.3 Å². The van der Waals surface area contributed by atoms with Crippen LogP contribution in [0.25, 0.3) is 11.0 Å². The van der Waals surface area contributed by atoms with Gasteiger partial charge in [0.15, 0.2) is 0 Å². The summed E-state index contributed by atoms with van der Waals surface area (Å²) in [5.74, 6) is 1.82. The molecule has 0 unspecified atom stereocenters. The molecule has 2 fully saturated rings. The number of rotatable bonds is 7. The molecule has 5 nitrogen and oxygen atoms in total. The van der Waals surface area contributed by atoms with E-state index in [-0.39, 0.29) is 6.54 Å². The predicted molar refractivity (Wildman–Crippen MR) is 103 cm³/mol. The molecule has 2 aliphatic rings. The topological polar surface area (TPSA) is 43.2 Å². The van der Waals surface area contributed by atoms with Crippen molar-refractivity contribution in [2.24, 2.45) is 11.8 Å². The van der Waals surface area contributed by atoms with E-state index in [1.807, 2.05) is 21.7 Å². The Morgan fingerprint density at radius 3 is 2.54 bits per heavy atom. The summed E-state index contributed by atoms with van der Waals surface area (Å²) in [7, 11) is 0. The second-order valence-corrected chi connectivity index (χ2v) is 8.71. The molecule has 0 amide bonds. The van der Waals surface area contributed by atoms with Gasteiger partial charge in [0.2, 0.25) is 0 Å². The highest BCUT2D eigenvalue weighted by atomic mass is 79.9. The first-order chi connectivity index (χ1) is 13.4. The number of hydrogen-bond acceptors (Lipinski definition) is 4. The van der Waals surface area contributed by atoms with Crippen LogP contribution in [0.3, 0.4) is 0 Å². The second kappa shape index (κ2) is 8.18. The van der Waals surface area contributed by atoms with Crippen LogP contribution in [0.5, 0.6) is 5.75 Å². The molecule has 154 valence electrons. The zero-order valence-corrected chi connectivity index (χ0v) is 17.2. The van der Waals surface area contributed by atoms with Crippen molar-refractivity contribution in [3.05, 3.63) is 16.6 Å². The largest absolute Gasteiger partial charge is 0.492 e. The Bertz CT molecular complexity index is 813. The van der Waals surface area contributed by atoms with Crippen LogP contribution >= 0.6 is 15.9 Å². The molecule has 2 aromatic rings. The highest BCUT2D eigenvalue weighted by molar-refractivity contribution is 9.10. The van der Waals surface area contributed by atoms with Crippen molar-refractivity contribution in [3.8, 4) is 5.75 Å². The van der Waals surface area contributed by atoms with E-state index in [4.69, 9.17) is 4.74 Å². The van der Waals surface area contributed by atoms with Crippen molar-refractivity contribution in [2.75, 3.05) is 26.2 Å². The highest BCUT2D eigenvalue weighted by Crippen LogP contribution is 2.35. The van der Waals surface area contributed by atoms with E-state index in [2.05, 4.69) is 26.2 Å². The molecule has 1 aromatic heterocycles. The molecule has 1 aromatic carbocycles.